The van der Waals surface area contributed by atoms with Crippen LogP contribution in [0.15, 0.2) is 58.5 Å². The monoisotopic (exact) mass is 430 g/mol. The summed E-state index contributed by atoms with van der Waals surface area (Å²) in [7, 11) is -2.51. The Morgan fingerprint density at radius 3 is 2.45 bits per heavy atom. The van der Waals surface area contributed by atoms with Crippen LogP contribution in [0.2, 0.25) is 5.02 Å². The first-order valence-corrected chi connectivity index (χ1v) is 11.0. The number of halogens is 1. The van der Waals surface area contributed by atoms with E-state index in [1.54, 1.807) is 35.2 Å². The molecular weight excluding hydrogens is 412 g/mol. The van der Waals surface area contributed by atoms with E-state index in [0.717, 1.165) is 12.8 Å². The zero-order valence-electron chi connectivity index (χ0n) is 15.8. The van der Waals surface area contributed by atoms with Crippen molar-refractivity contribution in [2.45, 2.75) is 22.6 Å². The minimum Gasteiger partial charge on any atom is -0.497 e. The highest BCUT2D eigenvalue weighted by molar-refractivity contribution is 7.91. The summed E-state index contributed by atoms with van der Waals surface area (Å²) in [6.07, 6.45) is 3.16. The van der Waals surface area contributed by atoms with Crippen molar-refractivity contribution in [3.05, 3.63) is 59.2 Å². The summed E-state index contributed by atoms with van der Waals surface area (Å²) >= 11 is 6.15. The molecule has 1 aromatic heterocycles. The lowest BCUT2D eigenvalue weighted by Gasteiger charge is -2.19. The van der Waals surface area contributed by atoms with E-state index < -0.39 is 9.84 Å². The Morgan fingerprint density at radius 2 is 1.79 bits per heavy atom. The lowest BCUT2D eigenvalue weighted by Crippen LogP contribution is -2.29. The number of hydrogen-bond donors (Lipinski definition) is 0. The van der Waals surface area contributed by atoms with Gasteiger partial charge < -0.3 is 9.64 Å². The van der Waals surface area contributed by atoms with E-state index in [-0.39, 0.29) is 21.3 Å². The van der Waals surface area contributed by atoms with Gasteiger partial charge in [0.1, 0.15) is 5.75 Å². The number of nitrogens with zero attached hydrogens (tertiary/aromatic N) is 2. The first kappa shape index (κ1) is 19.7. The molecule has 0 bridgehead atoms. The molecule has 1 fully saturated rings. The van der Waals surface area contributed by atoms with E-state index in [1.165, 1.54) is 25.4 Å². The number of amides is 1. The molecule has 0 saturated carbocycles. The zero-order valence-corrected chi connectivity index (χ0v) is 17.3. The first-order chi connectivity index (χ1) is 13.9. The lowest BCUT2D eigenvalue weighted by molar-refractivity contribution is 0.0789. The highest BCUT2D eigenvalue weighted by Crippen LogP contribution is 2.33. The van der Waals surface area contributed by atoms with Crippen LogP contribution in [-0.4, -0.2) is 44.4 Å². The van der Waals surface area contributed by atoms with Gasteiger partial charge in [0.25, 0.3) is 5.91 Å². The topological polar surface area (TPSA) is 76.6 Å². The standard InChI is InChI=1S/C21H19ClN2O4S/c1-28-15-5-7-16(8-6-15)29(26,27)20-17-12-14(22)4-9-19(17)23-13-18(20)21(25)24-10-2-3-11-24/h4-9,12-13H,2-3,10-11H2,1H3. The second-order valence-electron chi connectivity index (χ2n) is 6.84. The Labute approximate surface area is 174 Å². The summed E-state index contributed by atoms with van der Waals surface area (Å²) in [6, 6.07) is 10.9. The second kappa shape index (κ2) is 7.65. The number of carbonyl (C=O) groups is 1. The molecule has 1 amide bonds. The molecule has 29 heavy (non-hydrogen) atoms. The number of rotatable bonds is 4. The third-order valence-corrected chi connectivity index (χ3v) is 7.15. The largest absolute Gasteiger partial charge is 0.497 e. The van der Waals surface area contributed by atoms with Crippen molar-refractivity contribution in [3.63, 3.8) is 0 Å². The minimum atomic E-state index is -4.01. The van der Waals surface area contributed by atoms with Crippen LogP contribution in [-0.2, 0) is 9.84 Å². The third kappa shape index (κ3) is 3.56. The van der Waals surface area contributed by atoms with E-state index in [0.29, 0.717) is 34.8 Å². The summed E-state index contributed by atoms with van der Waals surface area (Å²) in [6.45, 7) is 1.21. The quantitative estimate of drug-likeness (QED) is 0.626. The molecule has 1 aliphatic heterocycles. The summed E-state index contributed by atoms with van der Waals surface area (Å²) in [4.78, 5) is 19.1. The van der Waals surface area contributed by atoms with Crippen LogP contribution in [0, 0.1) is 0 Å². The molecule has 4 rings (SSSR count). The lowest BCUT2D eigenvalue weighted by atomic mass is 10.1. The van der Waals surface area contributed by atoms with Crippen molar-refractivity contribution in [2.75, 3.05) is 20.2 Å². The summed E-state index contributed by atoms with van der Waals surface area (Å²) in [5.74, 6) is 0.212. The maximum Gasteiger partial charge on any atom is 0.256 e. The van der Waals surface area contributed by atoms with Gasteiger partial charge in [-0.05, 0) is 55.3 Å². The maximum atomic E-state index is 13.6. The van der Waals surface area contributed by atoms with Crippen LogP contribution < -0.4 is 4.74 Å². The van der Waals surface area contributed by atoms with Crippen molar-refractivity contribution in [1.29, 1.82) is 0 Å². The molecule has 1 aliphatic rings. The van der Waals surface area contributed by atoms with Gasteiger partial charge in [-0.1, -0.05) is 11.6 Å². The van der Waals surface area contributed by atoms with Crippen LogP contribution in [0.1, 0.15) is 23.2 Å². The maximum absolute atomic E-state index is 13.6. The number of carbonyl (C=O) groups excluding carboxylic acids is 1. The fourth-order valence-corrected chi connectivity index (χ4v) is 5.33. The smallest absolute Gasteiger partial charge is 0.256 e. The number of benzene rings is 2. The number of likely N-dealkylation sites (tertiary alicyclic amines) is 1. The Hall–Kier alpha value is -2.64. The molecule has 0 atom stereocenters. The van der Waals surface area contributed by atoms with Crippen LogP contribution in [0.4, 0.5) is 0 Å². The molecule has 0 N–H and O–H groups in total. The fraction of sp³-hybridized carbons (Fsp3) is 0.238. The number of ether oxygens (including phenoxy) is 1. The van der Waals surface area contributed by atoms with E-state index in [1.807, 2.05) is 0 Å². The molecule has 0 radical (unpaired) electrons. The number of methoxy groups -OCH3 is 1. The predicted molar refractivity (Wildman–Crippen MR) is 110 cm³/mol. The minimum absolute atomic E-state index is 0.0629. The highest BCUT2D eigenvalue weighted by atomic mass is 35.5. The number of aromatic nitrogens is 1. The zero-order chi connectivity index (χ0) is 20.6. The van der Waals surface area contributed by atoms with Gasteiger partial charge in [-0.15, -0.1) is 0 Å². The molecule has 0 spiro atoms. The van der Waals surface area contributed by atoms with Crippen LogP contribution in [0.5, 0.6) is 5.75 Å². The van der Waals surface area contributed by atoms with Gasteiger partial charge in [-0.25, -0.2) is 8.42 Å². The Balaban J connectivity index is 1.97. The second-order valence-corrected chi connectivity index (χ2v) is 9.16. The molecule has 150 valence electrons. The molecule has 0 unspecified atom stereocenters. The van der Waals surface area contributed by atoms with Crippen molar-refractivity contribution >= 4 is 38.2 Å². The molecular formula is C21H19ClN2O4S. The average molecular weight is 431 g/mol. The summed E-state index contributed by atoms with van der Waals surface area (Å²) in [5, 5.41) is 0.703. The molecule has 0 aliphatic carbocycles. The van der Waals surface area contributed by atoms with E-state index in [9.17, 15) is 13.2 Å². The molecule has 8 heteroatoms. The number of sulfone groups is 1. The van der Waals surface area contributed by atoms with Crippen molar-refractivity contribution in [3.8, 4) is 5.75 Å². The van der Waals surface area contributed by atoms with Gasteiger partial charge in [0, 0.05) is 29.7 Å². The Morgan fingerprint density at radius 1 is 1.10 bits per heavy atom. The van der Waals surface area contributed by atoms with Gasteiger partial charge in [-0.3, -0.25) is 9.78 Å². The van der Waals surface area contributed by atoms with Crippen molar-refractivity contribution in [1.82, 2.24) is 9.88 Å². The Bertz CT molecular complexity index is 1190. The average Bonchev–Trinajstić information content (AvgIpc) is 3.27. The molecule has 6 nitrogen and oxygen atoms in total. The fourth-order valence-electron chi connectivity index (χ4n) is 3.55. The molecule has 1 saturated heterocycles. The van der Waals surface area contributed by atoms with Crippen LogP contribution >= 0.6 is 11.6 Å². The van der Waals surface area contributed by atoms with Crippen molar-refractivity contribution in [2.24, 2.45) is 0 Å². The summed E-state index contributed by atoms with van der Waals surface area (Å²) in [5.41, 5.74) is 0.525. The van der Waals surface area contributed by atoms with Crippen molar-refractivity contribution < 1.29 is 17.9 Å². The molecule has 2 aromatic carbocycles. The Kier molecular flexibility index (Phi) is 5.19. The van der Waals surface area contributed by atoms with E-state index >= 15 is 0 Å². The van der Waals surface area contributed by atoms with Crippen LogP contribution in [0.3, 0.4) is 0 Å². The van der Waals surface area contributed by atoms with Gasteiger partial charge in [0.15, 0.2) is 0 Å². The first-order valence-electron chi connectivity index (χ1n) is 9.18. The van der Waals surface area contributed by atoms with Crippen LogP contribution in [0.25, 0.3) is 10.9 Å². The third-order valence-electron chi connectivity index (χ3n) is 5.04. The highest BCUT2D eigenvalue weighted by Gasteiger charge is 2.31. The van der Waals surface area contributed by atoms with Gasteiger partial charge in [-0.2, -0.15) is 0 Å². The number of pyridine rings is 1. The van der Waals surface area contributed by atoms with Gasteiger partial charge in [0.2, 0.25) is 9.84 Å². The number of fused-ring (bicyclic) bond motifs is 1. The van der Waals surface area contributed by atoms with Gasteiger partial charge >= 0.3 is 0 Å². The van der Waals surface area contributed by atoms with E-state index in [2.05, 4.69) is 4.98 Å². The normalized spacial score (nSPS) is 14.3. The van der Waals surface area contributed by atoms with Gasteiger partial charge in [0.05, 0.1) is 28.0 Å². The van der Waals surface area contributed by atoms with E-state index in [4.69, 9.17) is 16.3 Å². The molecule has 3 aromatic rings. The SMILES string of the molecule is COc1ccc(S(=O)(=O)c2c(C(=O)N3CCCC3)cnc3ccc(Cl)cc23)cc1. The number of hydrogen-bond acceptors (Lipinski definition) is 5. The molecule has 2 heterocycles. The predicted octanol–water partition coefficient (Wildman–Crippen LogP) is 3.97. The summed E-state index contributed by atoms with van der Waals surface area (Å²) < 4.78 is 32.4.